The van der Waals surface area contributed by atoms with E-state index >= 15 is 0 Å². The molecule has 2 aromatic carbocycles. The summed E-state index contributed by atoms with van der Waals surface area (Å²) in [5.41, 5.74) is 0.641. The molecule has 0 saturated heterocycles. The minimum Gasteiger partial charge on any atom is -0.490 e. The van der Waals surface area contributed by atoms with Gasteiger partial charge in [-0.2, -0.15) is 0 Å². The van der Waals surface area contributed by atoms with Crippen molar-refractivity contribution in [2.75, 3.05) is 0 Å². The number of ether oxygens (including phenoxy) is 2. The van der Waals surface area contributed by atoms with Crippen LogP contribution in [0, 0.1) is 0 Å². The summed E-state index contributed by atoms with van der Waals surface area (Å²) in [5.74, 6) is 2.36. The van der Waals surface area contributed by atoms with Gasteiger partial charge in [0.2, 0.25) is 0 Å². The van der Waals surface area contributed by atoms with E-state index in [1.54, 1.807) is 24.3 Å². The summed E-state index contributed by atoms with van der Waals surface area (Å²) in [7, 11) is 0. The topological polar surface area (TPSA) is 35.5 Å². The second-order valence-corrected chi connectivity index (χ2v) is 6.64. The summed E-state index contributed by atoms with van der Waals surface area (Å²) in [5, 5.41) is 0. The summed E-state index contributed by atoms with van der Waals surface area (Å²) in [6, 6.07) is 14.8. The van der Waals surface area contributed by atoms with Crippen LogP contribution in [0.25, 0.3) is 0 Å². The number of carbonyl (C=O) groups excluding carboxylic acids is 1. The van der Waals surface area contributed by atoms with Crippen LogP contribution in [0.1, 0.15) is 69.2 Å². The standard InChI is InChI=1S/C23H30O3/c1-3-5-6-7-9-20(8-4-2)25-22-14-16-23(17-15-22)26-21-12-10-19(18-24)11-13-21/h10-18,20H,3-9H2,1-2H3. The first-order valence-electron chi connectivity index (χ1n) is 9.75. The monoisotopic (exact) mass is 354 g/mol. The number of benzene rings is 2. The van der Waals surface area contributed by atoms with Gasteiger partial charge >= 0.3 is 0 Å². The minimum atomic E-state index is 0.291. The lowest BCUT2D eigenvalue weighted by molar-refractivity contribution is 0.112. The van der Waals surface area contributed by atoms with Gasteiger partial charge in [-0.25, -0.2) is 0 Å². The molecule has 0 amide bonds. The number of hydrogen-bond acceptors (Lipinski definition) is 3. The Labute approximate surface area is 157 Å². The van der Waals surface area contributed by atoms with Crippen molar-refractivity contribution < 1.29 is 14.3 Å². The van der Waals surface area contributed by atoms with E-state index in [1.807, 2.05) is 24.3 Å². The van der Waals surface area contributed by atoms with Gasteiger partial charge in [0.1, 0.15) is 23.5 Å². The van der Waals surface area contributed by atoms with E-state index in [4.69, 9.17) is 9.47 Å². The molecule has 1 unspecified atom stereocenters. The summed E-state index contributed by atoms with van der Waals surface area (Å²) < 4.78 is 12.0. The van der Waals surface area contributed by atoms with Crippen molar-refractivity contribution in [1.82, 2.24) is 0 Å². The molecule has 0 heterocycles. The van der Waals surface area contributed by atoms with Gasteiger partial charge < -0.3 is 9.47 Å². The molecule has 140 valence electrons. The quantitative estimate of drug-likeness (QED) is 0.310. The number of hydrogen-bond donors (Lipinski definition) is 0. The van der Waals surface area contributed by atoms with E-state index in [1.165, 1.54) is 25.7 Å². The van der Waals surface area contributed by atoms with Crippen LogP contribution >= 0.6 is 0 Å². The molecular weight excluding hydrogens is 324 g/mol. The molecule has 0 spiro atoms. The van der Waals surface area contributed by atoms with Crippen LogP contribution in [0.5, 0.6) is 17.2 Å². The lowest BCUT2D eigenvalue weighted by Gasteiger charge is -2.19. The molecule has 0 saturated carbocycles. The van der Waals surface area contributed by atoms with E-state index in [-0.39, 0.29) is 0 Å². The van der Waals surface area contributed by atoms with Gasteiger partial charge in [-0.1, -0.05) is 39.5 Å². The van der Waals surface area contributed by atoms with Crippen molar-refractivity contribution >= 4 is 6.29 Å². The summed E-state index contributed by atoms with van der Waals surface area (Å²) in [4.78, 5) is 10.7. The van der Waals surface area contributed by atoms with Gasteiger partial charge in [-0.15, -0.1) is 0 Å². The normalized spacial score (nSPS) is 11.8. The number of unbranched alkanes of at least 4 members (excludes halogenated alkanes) is 3. The smallest absolute Gasteiger partial charge is 0.150 e. The maximum absolute atomic E-state index is 10.7. The molecule has 0 radical (unpaired) electrons. The van der Waals surface area contributed by atoms with E-state index in [0.29, 0.717) is 17.4 Å². The Bertz CT molecular complexity index is 632. The Morgan fingerprint density at radius 2 is 1.38 bits per heavy atom. The SMILES string of the molecule is CCCCCCC(CCC)Oc1ccc(Oc2ccc(C=O)cc2)cc1. The molecule has 2 aromatic rings. The molecule has 3 heteroatoms. The molecule has 0 aromatic heterocycles. The Hall–Kier alpha value is -2.29. The molecule has 0 fully saturated rings. The molecule has 0 aliphatic rings. The van der Waals surface area contributed by atoms with Crippen LogP contribution in [0.3, 0.4) is 0 Å². The Morgan fingerprint density at radius 1 is 0.769 bits per heavy atom. The summed E-state index contributed by atoms with van der Waals surface area (Å²) >= 11 is 0. The zero-order valence-corrected chi connectivity index (χ0v) is 15.9. The third-order valence-electron chi connectivity index (χ3n) is 4.37. The Balaban J connectivity index is 1.88. The Morgan fingerprint density at radius 3 is 1.96 bits per heavy atom. The molecule has 0 aliphatic heterocycles. The highest BCUT2D eigenvalue weighted by Crippen LogP contribution is 2.25. The Kier molecular flexibility index (Phi) is 8.74. The number of aldehydes is 1. The fourth-order valence-electron chi connectivity index (χ4n) is 2.91. The van der Waals surface area contributed by atoms with Gasteiger partial charge in [-0.05, 0) is 67.8 Å². The van der Waals surface area contributed by atoms with Crippen LogP contribution in [-0.4, -0.2) is 12.4 Å². The lowest BCUT2D eigenvalue weighted by atomic mass is 10.1. The summed E-state index contributed by atoms with van der Waals surface area (Å²) in [6.07, 6.45) is 9.55. The van der Waals surface area contributed by atoms with E-state index in [0.717, 1.165) is 37.0 Å². The minimum absolute atomic E-state index is 0.291. The first kappa shape index (κ1) is 20.0. The van der Waals surface area contributed by atoms with E-state index in [9.17, 15) is 4.79 Å². The van der Waals surface area contributed by atoms with Crippen molar-refractivity contribution in [3.05, 3.63) is 54.1 Å². The van der Waals surface area contributed by atoms with Crippen LogP contribution in [0.4, 0.5) is 0 Å². The highest BCUT2D eigenvalue weighted by atomic mass is 16.5. The van der Waals surface area contributed by atoms with Crippen LogP contribution in [0.2, 0.25) is 0 Å². The zero-order valence-electron chi connectivity index (χ0n) is 15.9. The third kappa shape index (κ3) is 6.91. The van der Waals surface area contributed by atoms with Gasteiger partial charge in [0.15, 0.2) is 0 Å². The average Bonchev–Trinajstić information content (AvgIpc) is 2.67. The number of rotatable bonds is 12. The predicted molar refractivity (Wildman–Crippen MR) is 106 cm³/mol. The lowest BCUT2D eigenvalue weighted by Crippen LogP contribution is -2.16. The van der Waals surface area contributed by atoms with Crippen molar-refractivity contribution in [2.45, 2.75) is 64.9 Å². The second-order valence-electron chi connectivity index (χ2n) is 6.64. The van der Waals surface area contributed by atoms with Crippen LogP contribution in [0.15, 0.2) is 48.5 Å². The van der Waals surface area contributed by atoms with E-state index in [2.05, 4.69) is 13.8 Å². The number of carbonyl (C=O) groups is 1. The largest absolute Gasteiger partial charge is 0.490 e. The molecule has 3 nitrogen and oxygen atoms in total. The fourth-order valence-corrected chi connectivity index (χ4v) is 2.91. The average molecular weight is 354 g/mol. The fraction of sp³-hybridized carbons (Fsp3) is 0.435. The van der Waals surface area contributed by atoms with Crippen molar-refractivity contribution in [2.24, 2.45) is 0 Å². The van der Waals surface area contributed by atoms with Crippen molar-refractivity contribution in [1.29, 1.82) is 0 Å². The first-order chi connectivity index (χ1) is 12.7. The van der Waals surface area contributed by atoms with Crippen molar-refractivity contribution in [3.8, 4) is 17.2 Å². The molecule has 0 bridgehead atoms. The maximum atomic E-state index is 10.7. The molecule has 26 heavy (non-hydrogen) atoms. The van der Waals surface area contributed by atoms with Crippen LogP contribution < -0.4 is 9.47 Å². The van der Waals surface area contributed by atoms with Gasteiger partial charge in [-0.3, -0.25) is 4.79 Å². The van der Waals surface area contributed by atoms with Crippen molar-refractivity contribution in [3.63, 3.8) is 0 Å². The highest BCUT2D eigenvalue weighted by molar-refractivity contribution is 5.74. The third-order valence-corrected chi connectivity index (χ3v) is 4.37. The molecule has 0 N–H and O–H groups in total. The maximum Gasteiger partial charge on any atom is 0.150 e. The molecular formula is C23H30O3. The van der Waals surface area contributed by atoms with Gasteiger partial charge in [0.25, 0.3) is 0 Å². The molecule has 2 rings (SSSR count). The zero-order chi connectivity index (χ0) is 18.6. The van der Waals surface area contributed by atoms with Crippen LogP contribution in [-0.2, 0) is 0 Å². The summed E-state index contributed by atoms with van der Waals surface area (Å²) in [6.45, 7) is 4.44. The highest BCUT2D eigenvalue weighted by Gasteiger charge is 2.10. The first-order valence-corrected chi connectivity index (χ1v) is 9.75. The molecule has 1 atom stereocenters. The predicted octanol–water partition coefficient (Wildman–Crippen LogP) is 6.81. The van der Waals surface area contributed by atoms with Gasteiger partial charge in [0, 0.05) is 5.56 Å². The van der Waals surface area contributed by atoms with E-state index < -0.39 is 0 Å². The molecule has 0 aliphatic carbocycles. The van der Waals surface area contributed by atoms with Gasteiger partial charge in [0.05, 0.1) is 6.10 Å². The second kappa shape index (κ2) is 11.3.